The van der Waals surface area contributed by atoms with E-state index in [1.165, 1.54) is 133 Å². The second kappa shape index (κ2) is 15.5. The van der Waals surface area contributed by atoms with E-state index in [4.69, 9.17) is 0 Å². The molecule has 73 heavy (non-hydrogen) atoms. The van der Waals surface area contributed by atoms with E-state index in [9.17, 15) is 0 Å². The van der Waals surface area contributed by atoms with Crippen molar-refractivity contribution in [1.29, 1.82) is 0 Å². The van der Waals surface area contributed by atoms with Crippen LogP contribution in [0.2, 0.25) is 0 Å². The number of nitrogens with zero attached hydrogens (tertiary/aromatic N) is 3. The van der Waals surface area contributed by atoms with Gasteiger partial charge in [0.15, 0.2) is 0 Å². The van der Waals surface area contributed by atoms with Gasteiger partial charge >= 0.3 is 0 Å². The van der Waals surface area contributed by atoms with Crippen LogP contribution >= 0.6 is 0 Å². The summed E-state index contributed by atoms with van der Waals surface area (Å²) in [4.78, 5) is 8.59. The quantitative estimate of drug-likeness (QED) is 0.163. The van der Waals surface area contributed by atoms with Gasteiger partial charge < -0.3 is 14.7 Å². The van der Waals surface area contributed by atoms with Gasteiger partial charge in [-0.15, -0.1) is 0 Å². The highest BCUT2D eigenvalue weighted by atomic mass is 15.3. The molecule has 4 heterocycles. The topological polar surface area (TPSA) is 9.72 Å². The summed E-state index contributed by atoms with van der Waals surface area (Å²) in [5.74, 6) is 0. The zero-order chi connectivity index (χ0) is 50.8. The Bertz CT molecular complexity index is 3390. The minimum absolute atomic E-state index is 0.0140. The van der Waals surface area contributed by atoms with Gasteiger partial charge in [0.05, 0.1) is 16.8 Å². The van der Waals surface area contributed by atoms with Gasteiger partial charge in [-0.1, -0.05) is 204 Å². The first-order valence-electron chi connectivity index (χ1n) is 28.0. The van der Waals surface area contributed by atoms with Gasteiger partial charge in [0.1, 0.15) is 0 Å². The molecular formula is C69H76BN3. The van der Waals surface area contributed by atoms with Crippen molar-refractivity contribution >= 4 is 62.9 Å². The molecule has 2 fully saturated rings. The van der Waals surface area contributed by atoms with E-state index in [1.807, 2.05) is 0 Å². The lowest BCUT2D eigenvalue weighted by atomic mass is 9.33. The molecule has 0 amide bonds. The van der Waals surface area contributed by atoms with Crippen LogP contribution in [0.3, 0.4) is 0 Å². The standard InChI is InChI=1S/C69H76BN3/c1-63(2,3)47-31-34-56(51(40-47)45-24-15-13-16-25-45)71-58-42-49(65(7,8)9)30-33-54(58)70-55-29-23-28-52-62(55)73(68(12)38-21-22-39-69(52,68)46-26-17-14-18-27-46)60-44-50(43-59(71)61(60)70)72-57-35-32-48(64(4,5)6)41-53(57)66(10)36-19-20-37-67(66,72)11/h13-18,23-35,40-44H,19-22,36-39H2,1-12H3. The zero-order valence-corrected chi connectivity index (χ0v) is 45.9. The highest BCUT2D eigenvalue weighted by molar-refractivity contribution is 7.00. The molecule has 4 atom stereocenters. The third-order valence-corrected chi connectivity index (χ3v) is 20.0. The van der Waals surface area contributed by atoms with Crippen LogP contribution in [-0.2, 0) is 27.1 Å². The van der Waals surface area contributed by atoms with Gasteiger partial charge in [-0.05, 0) is 148 Å². The van der Waals surface area contributed by atoms with E-state index in [1.54, 1.807) is 0 Å². The molecular weight excluding hydrogens is 882 g/mol. The van der Waals surface area contributed by atoms with Crippen molar-refractivity contribution in [3.05, 3.63) is 179 Å². The molecule has 4 unspecified atom stereocenters. The lowest BCUT2D eigenvalue weighted by molar-refractivity contribution is 0.194. The molecule has 2 saturated carbocycles. The fourth-order valence-electron chi connectivity index (χ4n) is 15.8. The summed E-state index contributed by atoms with van der Waals surface area (Å²) in [6.45, 7) is 29.3. The largest absolute Gasteiger partial charge is 0.335 e. The highest BCUT2D eigenvalue weighted by Crippen LogP contribution is 2.66. The molecule has 0 bridgehead atoms. The van der Waals surface area contributed by atoms with Gasteiger partial charge in [-0.2, -0.15) is 0 Å². The van der Waals surface area contributed by atoms with Gasteiger partial charge in [-0.3, -0.25) is 0 Å². The summed E-state index contributed by atoms with van der Waals surface area (Å²) in [6, 6.07) is 58.4. The first-order valence-corrected chi connectivity index (χ1v) is 28.0. The Morgan fingerprint density at radius 1 is 0.438 bits per heavy atom. The maximum absolute atomic E-state index is 2.96. The molecule has 7 aromatic carbocycles. The van der Waals surface area contributed by atoms with E-state index in [0.29, 0.717) is 0 Å². The van der Waals surface area contributed by atoms with E-state index in [-0.39, 0.29) is 44.9 Å². The molecule has 6 aliphatic rings. The molecule has 0 radical (unpaired) electrons. The highest BCUT2D eigenvalue weighted by Gasteiger charge is 2.65. The SMILES string of the molecule is CC(C)(C)c1ccc(N2c3cc(C(C)(C)C)ccc3B3c4cccc5c4N(c4cc(N6c7ccc(C(C)(C)C)cc7C7(C)CCCCC67C)cc2c43)C2(C)CCCCC52c2ccccc2)c(-c2ccccc2)c1. The Kier molecular flexibility index (Phi) is 9.95. The lowest BCUT2D eigenvalue weighted by Crippen LogP contribution is -2.65. The number of hydrogen-bond acceptors (Lipinski definition) is 3. The maximum atomic E-state index is 2.96. The fraction of sp³-hybridized carbons (Fsp3) is 0.391. The molecule has 370 valence electrons. The predicted molar refractivity (Wildman–Crippen MR) is 313 cm³/mol. The van der Waals surface area contributed by atoms with Crippen molar-refractivity contribution in [2.75, 3.05) is 14.7 Å². The first-order chi connectivity index (χ1) is 34.7. The average molecular weight is 958 g/mol. The summed E-state index contributed by atoms with van der Waals surface area (Å²) in [6.07, 6.45) is 9.54. The molecule has 13 rings (SSSR count). The van der Waals surface area contributed by atoms with Crippen molar-refractivity contribution in [3.8, 4) is 11.1 Å². The molecule has 4 heteroatoms. The second-order valence-electron chi connectivity index (χ2n) is 27.0. The van der Waals surface area contributed by atoms with Gasteiger partial charge in [0.25, 0.3) is 6.71 Å². The van der Waals surface area contributed by atoms with Gasteiger partial charge in [-0.25, -0.2) is 0 Å². The van der Waals surface area contributed by atoms with Crippen molar-refractivity contribution < 1.29 is 0 Å². The Labute approximate surface area is 438 Å². The average Bonchev–Trinajstić information content (AvgIpc) is 3.74. The van der Waals surface area contributed by atoms with Crippen LogP contribution in [0.15, 0.2) is 146 Å². The number of hydrogen-bond donors (Lipinski definition) is 0. The van der Waals surface area contributed by atoms with Crippen LogP contribution < -0.4 is 31.1 Å². The van der Waals surface area contributed by atoms with Crippen molar-refractivity contribution in [2.45, 2.75) is 173 Å². The van der Waals surface area contributed by atoms with E-state index < -0.39 is 0 Å². The first kappa shape index (κ1) is 46.8. The van der Waals surface area contributed by atoms with Crippen LogP contribution in [-0.4, -0.2) is 17.8 Å². The molecule has 0 spiro atoms. The number of anilines is 7. The molecule has 0 saturated heterocycles. The Morgan fingerprint density at radius 3 is 1.73 bits per heavy atom. The van der Waals surface area contributed by atoms with Crippen LogP contribution in [0.1, 0.15) is 168 Å². The maximum Gasteiger partial charge on any atom is 0.252 e. The van der Waals surface area contributed by atoms with Crippen LogP contribution in [0, 0.1) is 0 Å². The number of rotatable bonds is 4. The van der Waals surface area contributed by atoms with Gasteiger partial charge in [0.2, 0.25) is 0 Å². The van der Waals surface area contributed by atoms with E-state index in [2.05, 4.69) is 243 Å². The number of fused-ring (bicyclic) bond motifs is 10. The van der Waals surface area contributed by atoms with Crippen LogP contribution in [0.4, 0.5) is 39.8 Å². The van der Waals surface area contributed by atoms with Crippen molar-refractivity contribution in [2.24, 2.45) is 0 Å². The molecule has 7 aromatic rings. The third-order valence-electron chi connectivity index (χ3n) is 20.0. The number of benzene rings is 7. The summed E-state index contributed by atoms with van der Waals surface area (Å²) >= 11 is 0. The summed E-state index contributed by atoms with van der Waals surface area (Å²) in [7, 11) is 0. The Hall–Kier alpha value is -6.00. The van der Waals surface area contributed by atoms with E-state index in [0.717, 1.165) is 19.3 Å². The monoisotopic (exact) mass is 958 g/mol. The van der Waals surface area contributed by atoms with Crippen LogP contribution in [0.5, 0.6) is 0 Å². The molecule has 3 nitrogen and oxygen atoms in total. The van der Waals surface area contributed by atoms with Crippen molar-refractivity contribution in [1.82, 2.24) is 0 Å². The Balaban J connectivity index is 1.18. The van der Waals surface area contributed by atoms with Crippen LogP contribution in [0.25, 0.3) is 11.1 Å². The summed E-state index contributed by atoms with van der Waals surface area (Å²) < 4.78 is 0. The number of para-hydroxylation sites is 1. The molecule has 0 N–H and O–H groups in total. The zero-order valence-electron chi connectivity index (χ0n) is 45.9. The minimum atomic E-state index is -0.207. The minimum Gasteiger partial charge on any atom is -0.335 e. The lowest BCUT2D eigenvalue weighted by Gasteiger charge is -2.54. The Morgan fingerprint density at radius 2 is 1.03 bits per heavy atom. The van der Waals surface area contributed by atoms with Crippen molar-refractivity contribution in [3.63, 3.8) is 0 Å². The van der Waals surface area contributed by atoms with E-state index >= 15 is 0 Å². The molecule has 2 aliphatic carbocycles. The van der Waals surface area contributed by atoms with Gasteiger partial charge in [0, 0.05) is 50.5 Å². The second-order valence-corrected chi connectivity index (χ2v) is 27.0. The summed E-state index contributed by atoms with van der Waals surface area (Å²) in [5.41, 5.74) is 24.3. The molecule has 4 aliphatic heterocycles. The smallest absolute Gasteiger partial charge is 0.252 e. The summed E-state index contributed by atoms with van der Waals surface area (Å²) in [5, 5.41) is 0. The predicted octanol–water partition coefficient (Wildman–Crippen LogP) is 16.4. The third kappa shape index (κ3) is 6.31. The normalized spacial score (nSPS) is 24.7. The fourth-order valence-corrected chi connectivity index (χ4v) is 15.8. The molecule has 0 aromatic heterocycles.